The molecule has 0 bridgehead atoms. The van der Waals surface area contributed by atoms with Crippen molar-refractivity contribution in [3.63, 3.8) is 0 Å². The minimum absolute atomic E-state index is 0.0916. The first-order valence-electron chi connectivity index (χ1n) is 10.5. The third-order valence-electron chi connectivity index (χ3n) is 5.53. The van der Waals surface area contributed by atoms with Crippen LogP contribution in [-0.2, 0) is 6.54 Å². The molecule has 5 rings (SSSR count). The normalized spacial score (nSPS) is 16.9. The fraction of sp³-hybridized carbons (Fsp3) is 0.250. The SMILES string of the molecule is O=C(c1cn(C/C=C/c2ccccc2)nn1)N1CCCC(c2nc3ccccc3o2)C1. The molecule has 0 N–H and O–H groups in total. The molecule has 1 atom stereocenters. The number of para-hydroxylation sites is 2. The number of fused-ring (bicyclic) bond motifs is 1. The van der Waals surface area contributed by atoms with Crippen LogP contribution in [-0.4, -0.2) is 43.9 Å². The third-order valence-corrected chi connectivity index (χ3v) is 5.53. The number of likely N-dealkylation sites (tertiary alicyclic amines) is 1. The number of piperidine rings is 1. The van der Waals surface area contributed by atoms with Gasteiger partial charge in [-0.05, 0) is 30.5 Å². The Hall–Kier alpha value is -3.74. The number of nitrogens with zero attached hydrogens (tertiary/aromatic N) is 5. The number of aromatic nitrogens is 4. The monoisotopic (exact) mass is 413 g/mol. The van der Waals surface area contributed by atoms with Crippen molar-refractivity contribution < 1.29 is 9.21 Å². The number of oxazole rings is 1. The molecule has 3 heterocycles. The molecule has 2 aromatic carbocycles. The maximum atomic E-state index is 13.0. The number of carbonyl (C=O) groups is 1. The first-order chi connectivity index (χ1) is 15.3. The number of carbonyl (C=O) groups excluding carboxylic acids is 1. The van der Waals surface area contributed by atoms with Crippen molar-refractivity contribution in [1.82, 2.24) is 24.9 Å². The molecule has 1 aliphatic rings. The molecule has 7 nitrogen and oxygen atoms in total. The average molecular weight is 413 g/mol. The molecule has 4 aromatic rings. The van der Waals surface area contributed by atoms with E-state index in [4.69, 9.17) is 4.42 Å². The Balaban J connectivity index is 1.24. The number of hydrogen-bond donors (Lipinski definition) is 0. The van der Waals surface area contributed by atoms with E-state index in [1.807, 2.05) is 71.6 Å². The lowest BCUT2D eigenvalue weighted by molar-refractivity contribution is 0.0693. The molecule has 1 saturated heterocycles. The van der Waals surface area contributed by atoms with E-state index in [9.17, 15) is 4.79 Å². The third kappa shape index (κ3) is 4.26. The van der Waals surface area contributed by atoms with Crippen molar-refractivity contribution in [2.45, 2.75) is 25.3 Å². The van der Waals surface area contributed by atoms with E-state index < -0.39 is 0 Å². The predicted molar refractivity (Wildman–Crippen MR) is 117 cm³/mol. The highest BCUT2D eigenvalue weighted by Gasteiger charge is 2.29. The highest BCUT2D eigenvalue weighted by atomic mass is 16.3. The van der Waals surface area contributed by atoms with E-state index in [0.29, 0.717) is 31.2 Å². The van der Waals surface area contributed by atoms with E-state index in [2.05, 4.69) is 15.3 Å². The molecule has 0 aliphatic carbocycles. The fourth-order valence-corrected chi connectivity index (χ4v) is 3.94. The number of amides is 1. The lowest BCUT2D eigenvalue weighted by Crippen LogP contribution is -2.39. The van der Waals surface area contributed by atoms with E-state index in [-0.39, 0.29) is 11.8 Å². The van der Waals surface area contributed by atoms with Gasteiger partial charge < -0.3 is 9.32 Å². The Kier molecular flexibility index (Phi) is 5.31. The summed E-state index contributed by atoms with van der Waals surface area (Å²) in [6.45, 7) is 1.84. The van der Waals surface area contributed by atoms with Crippen molar-refractivity contribution in [3.8, 4) is 0 Å². The topological polar surface area (TPSA) is 77.1 Å². The number of rotatable bonds is 5. The Morgan fingerprint density at radius 1 is 1.13 bits per heavy atom. The van der Waals surface area contributed by atoms with Crippen molar-refractivity contribution in [2.24, 2.45) is 0 Å². The molecule has 0 radical (unpaired) electrons. The lowest BCUT2D eigenvalue weighted by Gasteiger charge is -2.30. The summed E-state index contributed by atoms with van der Waals surface area (Å²) in [7, 11) is 0. The molecule has 0 spiro atoms. The maximum absolute atomic E-state index is 13.0. The van der Waals surface area contributed by atoms with Gasteiger partial charge in [0.05, 0.1) is 18.7 Å². The number of hydrogen-bond acceptors (Lipinski definition) is 5. The summed E-state index contributed by atoms with van der Waals surface area (Å²) in [5.74, 6) is 0.696. The highest BCUT2D eigenvalue weighted by Crippen LogP contribution is 2.29. The Labute approximate surface area is 180 Å². The van der Waals surface area contributed by atoms with Crippen molar-refractivity contribution in [1.29, 1.82) is 0 Å². The second-order valence-corrected chi connectivity index (χ2v) is 7.75. The Morgan fingerprint density at radius 2 is 1.97 bits per heavy atom. The summed E-state index contributed by atoms with van der Waals surface area (Å²) in [4.78, 5) is 19.5. The summed E-state index contributed by atoms with van der Waals surface area (Å²) < 4.78 is 7.61. The predicted octanol–water partition coefficient (Wildman–Crippen LogP) is 4.15. The maximum Gasteiger partial charge on any atom is 0.276 e. The molecule has 1 aliphatic heterocycles. The summed E-state index contributed by atoms with van der Waals surface area (Å²) in [6.07, 6.45) is 7.60. The first-order valence-corrected chi connectivity index (χ1v) is 10.5. The zero-order chi connectivity index (χ0) is 21.0. The minimum Gasteiger partial charge on any atom is -0.440 e. The Morgan fingerprint density at radius 3 is 2.84 bits per heavy atom. The Bertz CT molecular complexity index is 1180. The van der Waals surface area contributed by atoms with Crippen LogP contribution in [0.2, 0.25) is 0 Å². The largest absolute Gasteiger partial charge is 0.440 e. The number of benzene rings is 2. The molecule has 156 valence electrons. The summed E-state index contributed by atoms with van der Waals surface area (Å²) in [5, 5.41) is 8.20. The van der Waals surface area contributed by atoms with Crippen LogP contribution in [0.15, 0.2) is 71.3 Å². The first kappa shape index (κ1) is 19.2. The van der Waals surface area contributed by atoms with Gasteiger partial charge in [-0.1, -0.05) is 59.8 Å². The molecule has 31 heavy (non-hydrogen) atoms. The van der Waals surface area contributed by atoms with Crippen LogP contribution in [0.3, 0.4) is 0 Å². The fourth-order valence-electron chi connectivity index (χ4n) is 3.94. The van der Waals surface area contributed by atoms with Gasteiger partial charge in [0, 0.05) is 13.1 Å². The van der Waals surface area contributed by atoms with Crippen LogP contribution >= 0.6 is 0 Å². The summed E-state index contributed by atoms with van der Waals surface area (Å²) in [5.41, 5.74) is 3.13. The standard InChI is InChI=1S/C24H23N5O2/c30-24(21-17-29(27-26-21)15-6-10-18-8-2-1-3-9-18)28-14-7-11-19(16-28)23-25-20-12-4-5-13-22(20)31-23/h1-6,8-10,12-13,17,19H,7,11,14-16H2/b10-6+. The van der Waals surface area contributed by atoms with Crippen LogP contribution < -0.4 is 0 Å². The number of allylic oxidation sites excluding steroid dienone is 1. The molecule has 1 unspecified atom stereocenters. The van der Waals surface area contributed by atoms with Gasteiger partial charge >= 0.3 is 0 Å². The summed E-state index contributed by atoms with van der Waals surface area (Å²) in [6, 6.07) is 17.8. The zero-order valence-corrected chi connectivity index (χ0v) is 17.1. The highest BCUT2D eigenvalue weighted by molar-refractivity contribution is 5.92. The van der Waals surface area contributed by atoms with Crippen LogP contribution in [0.4, 0.5) is 0 Å². The van der Waals surface area contributed by atoms with Gasteiger partial charge in [0.15, 0.2) is 17.2 Å². The van der Waals surface area contributed by atoms with E-state index in [0.717, 1.165) is 29.5 Å². The quantitative estimate of drug-likeness (QED) is 0.491. The minimum atomic E-state index is -0.0981. The van der Waals surface area contributed by atoms with Crippen LogP contribution in [0.5, 0.6) is 0 Å². The average Bonchev–Trinajstić information content (AvgIpc) is 3.47. The van der Waals surface area contributed by atoms with Gasteiger partial charge in [0.1, 0.15) is 5.52 Å². The van der Waals surface area contributed by atoms with E-state index in [1.165, 1.54) is 0 Å². The molecular formula is C24H23N5O2. The van der Waals surface area contributed by atoms with Crippen LogP contribution in [0, 0.1) is 0 Å². The molecule has 1 fully saturated rings. The van der Waals surface area contributed by atoms with Gasteiger partial charge in [-0.15, -0.1) is 5.10 Å². The molecule has 2 aromatic heterocycles. The van der Waals surface area contributed by atoms with Gasteiger partial charge in [0.25, 0.3) is 5.91 Å². The summed E-state index contributed by atoms with van der Waals surface area (Å²) >= 11 is 0. The van der Waals surface area contributed by atoms with Crippen molar-refractivity contribution in [2.75, 3.05) is 13.1 Å². The molecule has 0 saturated carbocycles. The second kappa shape index (κ2) is 8.55. The van der Waals surface area contributed by atoms with E-state index >= 15 is 0 Å². The van der Waals surface area contributed by atoms with Gasteiger partial charge in [0.2, 0.25) is 0 Å². The zero-order valence-electron chi connectivity index (χ0n) is 17.1. The van der Waals surface area contributed by atoms with E-state index in [1.54, 1.807) is 10.9 Å². The van der Waals surface area contributed by atoms with Gasteiger partial charge in [-0.25, -0.2) is 9.67 Å². The van der Waals surface area contributed by atoms with Crippen LogP contribution in [0.25, 0.3) is 17.2 Å². The molecule has 7 heteroatoms. The van der Waals surface area contributed by atoms with Crippen LogP contribution in [0.1, 0.15) is 40.7 Å². The van der Waals surface area contributed by atoms with Gasteiger partial charge in [-0.2, -0.15) is 0 Å². The second-order valence-electron chi connectivity index (χ2n) is 7.75. The van der Waals surface area contributed by atoms with Crippen molar-refractivity contribution >= 4 is 23.1 Å². The smallest absolute Gasteiger partial charge is 0.276 e. The molecular weight excluding hydrogens is 390 g/mol. The molecule has 1 amide bonds. The van der Waals surface area contributed by atoms with Gasteiger partial charge in [-0.3, -0.25) is 4.79 Å². The van der Waals surface area contributed by atoms with Crippen molar-refractivity contribution in [3.05, 3.63) is 84.0 Å². The lowest BCUT2D eigenvalue weighted by atomic mass is 9.98.